The summed E-state index contributed by atoms with van der Waals surface area (Å²) in [7, 11) is 0. The smallest absolute Gasteiger partial charge is 0.267 e. The van der Waals surface area contributed by atoms with E-state index in [-0.39, 0.29) is 11.8 Å². The van der Waals surface area contributed by atoms with Gasteiger partial charge in [-0.1, -0.05) is 12.1 Å². The van der Waals surface area contributed by atoms with Crippen LogP contribution in [-0.2, 0) is 0 Å². The van der Waals surface area contributed by atoms with Crippen molar-refractivity contribution in [3.05, 3.63) is 57.8 Å². The minimum atomic E-state index is -0.373. The second-order valence-electron chi connectivity index (χ2n) is 3.77. The van der Waals surface area contributed by atoms with Gasteiger partial charge in [0.05, 0.1) is 17.3 Å². The molecule has 0 spiro atoms. The Balaban J connectivity index is 1.93. The van der Waals surface area contributed by atoms with Crippen molar-refractivity contribution in [3.63, 3.8) is 0 Å². The second-order valence-corrected chi connectivity index (χ2v) is 4.55. The lowest BCUT2D eigenvalue weighted by atomic mass is 10.1. The number of fused-ring (bicyclic) bond motifs is 1. The Kier molecular flexibility index (Phi) is 2.53. The van der Waals surface area contributed by atoms with Gasteiger partial charge in [-0.05, 0) is 29.0 Å². The lowest BCUT2D eigenvalue weighted by molar-refractivity contribution is 0.0660. The minimum absolute atomic E-state index is 0.373. The largest absolute Gasteiger partial charge is 0.282 e. The fourth-order valence-corrected chi connectivity index (χ4v) is 2.37. The first-order valence-corrected chi connectivity index (χ1v) is 6.25. The maximum atomic E-state index is 12.0. The lowest BCUT2D eigenvalue weighted by Gasteiger charge is -2.04. The van der Waals surface area contributed by atoms with Gasteiger partial charge in [0.25, 0.3) is 11.8 Å². The monoisotopic (exact) mass is 256 g/mol. The van der Waals surface area contributed by atoms with Gasteiger partial charge in [-0.25, -0.2) is 0 Å². The van der Waals surface area contributed by atoms with Gasteiger partial charge in [-0.3, -0.25) is 9.59 Å². The molecule has 0 aliphatic carbocycles. The number of imide groups is 1. The highest BCUT2D eigenvalue weighted by Gasteiger charge is 2.35. The molecule has 1 aromatic carbocycles. The number of rotatable bonds is 2. The Labute approximate surface area is 107 Å². The van der Waals surface area contributed by atoms with Crippen LogP contribution in [0.1, 0.15) is 26.3 Å². The van der Waals surface area contributed by atoms with E-state index in [0.717, 1.165) is 10.6 Å². The van der Waals surface area contributed by atoms with Gasteiger partial charge < -0.3 is 0 Å². The van der Waals surface area contributed by atoms with E-state index >= 15 is 0 Å². The van der Waals surface area contributed by atoms with Crippen LogP contribution in [0.5, 0.6) is 0 Å². The van der Waals surface area contributed by atoms with Crippen LogP contribution in [0.3, 0.4) is 0 Å². The van der Waals surface area contributed by atoms with Gasteiger partial charge in [0.15, 0.2) is 0 Å². The summed E-state index contributed by atoms with van der Waals surface area (Å²) in [4.78, 5) is 23.9. The highest BCUT2D eigenvalue weighted by molar-refractivity contribution is 7.08. The van der Waals surface area contributed by atoms with E-state index in [9.17, 15) is 9.59 Å². The molecule has 0 fully saturated rings. The molecular weight excluding hydrogens is 248 g/mol. The number of benzene rings is 1. The molecule has 0 bridgehead atoms. The molecule has 5 heteroatoms. The number of carbonyl (C=O) groups excluding carboxylic acids is 2. The summed E-state index contributed by atoms with van der Waals surface area (Å²) in [6.45, 7) is 0. The maximum Gasteiger partial charge on any atom is 0.282 e. The van der Waals surface area contributed by atoms with Gasteiger partial charge in [0.1, 0.15) is 0 Å². The van der Waals surface area contributed by atoms with Crippen LogP contribution in [0, 0.1) is 0 Å². The van der Waals surface area contributed by atoms with Crippen LogP contribution in [0.25, 0.3) is 0 Å². The first kappa shape index (κ1) is 10.9. The summed E-state index contributed by atoms with van der Waals surface area (Å²) >= 11 is 1.53. The summed E-state index contributed by atoms with van der Waals surface area (Å²) in [6, 6.07) is 8.60. The predicted molar refractivity (Wildman–Crippen MR) is 68.9 cm³/mol. The minimum Gasteiger partial charge on any atom is -0.267 e. The zero-order valence-electron chi connectivity index (χ0n) is 9.24. The molecule has 0 atom stereocenters. The average Bonchev–Trinajstić information content (AvgIpc) is 2.98. The number of carbonyl (C=O) groups is 2. The van der Waals surface area contributed by atoms with Crippen LogP contribution in [0.4, 0.5) is 0 Å². The summed E-state index contributed by atoms with van der Waals surface area (Å²) in [5, 5.41) is 8.66. The topological polar surface area (TPSA) is 49.7 Å². The van der Waals surface area contributed by atoms with Gasteiger partial charge in [-0.15, -0.1) is 0 Å². The van der Waals surface area contributed by atoms with E-state index in [1.807, 2.05) is 16.8 Å². The van der Waals surface area contributed by atoms with Crippen molar-refractivity contribution in [1.29, 1.82) is 0 Å². The molecule has 88 valence electrons. The van der Waals surface area contributed by atoms with Crippen LogP contribution < -0.4 is 0 Å². The SMILES string of the molecule is O=C1c2ccccc2C(=O)N1/N=C\c1ccsc1. The zero-order chi connectivity index (χ0) is 12.5. The molecule has 0 saturated carbocycles. The van der Waals surface area contributed by atoms with Crippen molar-refractivity contribution < 1.29 is 9.59 Å². The Morgan fingerprint density at radius 1 is 1.06 bits per heavy atom. The molecule has 0 unspecified atom stereocenters. The van der Waals surface area contributed by atoms with Crippen molar-refractivity contribution in [1.82, 2.24) is 5.01 Å². The van der Waals surface area contributed by atoms with Gasteiger partial charge in [0.2, 0.25) is 0 Å². The van der Waals surface area contributed by atoms with E-state index in [1.165, 1.54) is 17.6 Å². The highest BCUT2D eigenvalue weighted by Crippen LogP contribution is 2.22. The van der Waals surface area contributed by atoms with E-state index in [0.29, 0.717) is 11.1 Å². The zero-order valence-corrected chi connectivity index (χ0v) is 10.1. The van der Waals surface area contributed by atoms with Crippen LogP contribution in [-0.4, -0.2) is 23.0 Å². The molecular formula is C13H8N2O2S. The summed E-state index contributed by atoms with van der Waals surface area (Å²) in [5.74, 6) is -0.746. The summed E-state index contributed by atoms with van der Waals surface area (Å²) in [6.07, 6.45) is 1.51. The van der Waals surface area contributed by atoms with Crippen molar-refractivity contribution in [2.45, 2.75) is 0 Å². The van der Waals surface area contributed by atoms with Crippen molar-refractivity contribution in [2.24, 2.45) is 5.10 Å². The lowest BCUT2D eigenvalue weighted by Crippen LogP contribution is -2.23. The molecule has 1 aliphatic rings. The number of amides is 2. The Bertz CT molecular complexity index is 612. The van der Waals surface area contributed by atoms with E-state index in [4.69, 9.17) is 0 Å². The Morgan fingerprint density at radius 3 is 2.28 bits per heavy atom. The third kappa shape index (κ3) is 1.65. The molecule has 2 amide bonds. The molecule has 0 saturated heterocycles. The van der Waals surface area contributed by atoms with Gasteiger partial charge in [-0.2, -0.15) is 21.4 Å². The molecule has 4 nitrogen and oxygen atoms in total. The molecule has 0 radical (unpaired) electrons. The number of hydrazone groups is 1. The van der Waals surface area contributed by atoms with Crippen LogP contribution >= 0.6 is 11.3 Å². The number of hydrogen-bond acceptors (Lipinski definition) is 4. The quantitative estimate of drug-likeness (QED) is 0.612. The van der Waals surface area contributed by atoms with Crippen LogP contribution in [0.15, 0.2) is 46.2 Å². The number of nitrogens with zero attached hydrogens (tertiary/aromatic N) is 2. The molecule has 3 rings (SSSR count). The Morgan fingerprint density at radius 2 is 1.72 bits per heavy atom. The normalized spacial score (nSPS) is 14.6. The predicted octanol–water partition coefficient (Wildman–Crippen LogP) is 2.38. The molecule has 1 aromatic heterocycles. The van der Waals surface area contributed by atoms with Gasteiger partial charge >= 0.3 is 0 Å². The summed E-state index contributed by atoms with van der Waals surface area (Å²) in [5.41, 5.74) is 1.69. The first-order valence-electron chi connectivity index (χ1n) is 5.31. The van der Waals surface area contributed by atoms with Crippen molar-refractivity contribution in [2.75, 3.05) is 0 Å². The fourth-order valence-electron chi connectivity index (χ4n) is 1.75. The van der Waals surface area contributed by atoms with Crippen molar-refractivity contribution in [3.8, 4) is 0 Å². The summed E-state index contributed by atoms with van der Waals surface area (Å²) < 4.78 is 0. The highest BCUT2D eigenvalue weighted by atomic mass is 32.1. The third-order valence-electron chi connectivity index (χ3n) is 2.64. The van der Waals surface area contributed by atoms with E-state index < -0.39 is 0 Å². The number of thiophene rings is 1. The first-order chi connectivity index (χ1) is 8.77. The van der Waals surface area contributed by atoms with E-state index in [1.54, 1.807) is 24.3 Å². The molecule has 18 heavy (non-hydrogen) atoms. The molecule has 2 aromatic rings. The fraction of sp³-hybridized carbons (Fsp3) is 0. The van der Waals surface area contributed by atoms with E-state index in [2.05, 4.69) is 5.10 Å². The third-order valence-corrected chi connectivity index (χ3v) is 3.34. The molecule has 1 aliphatic heterocycles. The van der Waals surface area contributed by atoms with Gasteiger partial charge in [0, 0.05) is 5.56 Å². The van der Waals surface area contributed by atoms with Crippen LogP contribution in [0.2, 0.25) is 0 Å². The maximum absolute atomic E-state index is 12.0. The molecule has 0 N–H and O–H groups in total. The standard InChI is InChI=1S/C13H8N2O2S/c16-12-10-3-1-2-4-11(10)13(17)15(12)14-7-9-5-6-18-8-9/h1-8H/b14-7-. The second kappa shape index (κ2) is 4.19. The van der Waals surface area contributed by atoms with Crippen molar-refractivity contribution >= 4 is 29.4 Å². The Hall–Kier alpha value is -2.27. The average molecular weight is 256 g/mol. The number of hydrogen-bond donors (Lipinski definition) is 0. The molecule has 2 heterocycles.